The summed E-state index contributed by atoms with van der Waals surface area (Å²) in [6.07, 6.45) is 3.23. The Morgan fingerprint density at radius 1 is 1.23 bits per heavy atom. The molecule has 0 aromatic heterocycles. The molecule has 1 saturated heterocycles. The molecule has 1 aromatic carbocycles. The lowest BCUT2D eigenvalue weighted by molar-refractivity contribution is -0.136. The van der Waals surface area contributed by atoms with E-state index in [0.29, 0.717) is 26.2 Å². The Bertz CT molecular complexity index is 629. The van der Waals surface area contributed by atoms with Gasteiger partial charge in [0, 0.05) is 36.7 Å². The van der Waals surface area contributed by atoms with Gasteiger partial charge < -0.3 is 9.80 Å². The molecule has 0 aliphatic carbocycles. The van der Waals surface area contributed by atoms with E-state index in [9.17, 15) is 9.59 Å². The Balaban J connectivity index is 1.87. The Morgan fingerprint density at radius 2 is 1.91 bits per heavy atom. The molecule has 0 saturated carbocycles. The fraction of sp³-hybridized carbons (Fsp3) is 0.312. The number of piperazine rings is 1. The number of benzene rings is 1. The van der Waals surface area contributed by atoms with Crippen LogP contribution in [0.2, 0.25) is 0 Å². The normalized spacial score (nSPS) is 14.9. The van der Waals surface area contributed by atoms with Gasteiger partial charge in [0.05, 0.1) is 6.07 Å². The first-order valence-electron chi connectivity index (χ1n) is 6.97. The lowest BCUT2D eigenvalue weighted by Crippen LogP contribution is -2.50. The third-order valence-electron chi connectivity index (χ3n) is 3.44. The van der Waals surface area contributed by atoms with E-state index in [4.69, 9.17) is 5.26 Å². The van der Waals surface area contributed by atoms with Crippen LogP contribution in [0.1, 0.15) is 12.0 Å². The molecule has 114 valence electrons. The van der Waals surface area contributed by atoms with Gasteiger partial charge in [-0.1, -0.05) is 28.1 Å². The van der Waals surface area contributed by atoms with E-state index in [1.54, 1.807) is 22.0 Å². The number of carbonyl (C=O) groups is 2. The molecule has 1 heterocycles. The first-order valence-corrected chi connectivity index (χ1v) is 7.77. The fourth-order valence-electron chi connectivity index (χ4n) is 2.24. The zero-order valence-electron chi connectivity index (χ0n) is 12.0. The summed E-state index contributed by atoms with van der Waals surface area (Å²) in [6.45, 7) is 1.96. The van der Waals surface area contributed by atoms with E-state index in [-0.39, 0.29) is 18.2 Å². The van der Waals surface area contributed by atoms with Crippen molar-refractivity contribution in [1.82, 2.24) is 9.80 Å². The molecule has 1 aliphatic heterocycles. The lowest BCUT2D eigenvalue weighted by atomic mass is 10.2. The van der Waals surface area contributed by atoms with Crippen LogP contribution in [-0.4, -0.2) is 47.8 Å². The average Bonchev–Trinajstić information content (AvgIpc) is 2.53. The van der Waals surface area contributed by atoms with Crippen LogP contribution in [0, 0.1) is 11.3 Å². The molecule has 0 unspecified atom stereocenters. The minimum Gasteiger partial charge on any atom is -0.338 e. The molecule has 0 spiro atoms. The highest BCUT2D eigenvalue weighted by atomic mass is 79.9. The Morgan fingerprint density at radius 3 is 2.55 bits per heavy atom. The van der Waals surface area contributed by atoms with Gasteiger partial charge in [0.15, 0.2) is 0 Å². The molecule has 0 bridgehead atoms. The van der Waals surface area contributed by atoms with E-state index in [2.05, 4.69) is 15.9 Å². The highest BCUT2D eigenvalue weighted by Crippen LogP contribution is 2.13. The molecule has 1 aromatic rings. The highest BCUT2D eigenvalue weighted by molar-refractivity contribution is 9.10. The van der Waals surface area contributed by atoms with Gasteiger partial charge in [0.2, 0.25) is 11.8 Å². The second kappa shape index (κ2) is 7.76. The smallest absolute Gasteiger partial charge is 0.246 e. The summed E-state index contributed by atoms with van der Waals surface area (Å²) in [5, 5.41) is 8.53. The summed E-state index contributed by atoms with van der Waals surface area (Å²) in [6, 6.07) is 9.55. The van der Waals surface area contributed by atoms with Crippen LogP contribution < -0.4 is 0 Å². The molecule has 2 rings (SSSR count). The zero-order chi connectivity index (χ0) is 15.9. The van der Waals surface area contributed by atoms with Gasteiger partial charge in [-0.15, -0.1) is 0 Å². The molecular formula is C16H16BrN3O2. The highest BCUT2D eigenvalue weighted by Gasteiger charge is 2.22. The number of rotatable bonds is 3. The molecule has 22 heavy (non-hydrogen) atoms. The molecule has 5 nitrogen and oxygen atoms in total. The van der Waals surface area contributed by atoms with Gasteiger partial charge in [-0.05, 0) is 23.8 Å². The maximum Gasteiger partial charge on any atom is 0.246 e. The van der Waals surface area contributed by atoms with Crippen LogP contribution in [0.3, 0.4) is 0 Å². The molecule has 2 amide bonds. The summed E-state index contributed by atoms with van der Waals surface area (Å²) in [5.74, 6) is -0.230. The molecule has 0 N–H and O–H groups in total. The monoisotopic (exact) mass is 361 g/mol. The van der Waals surface area contributed by atoms with Crippen molar-refractivity contribution in [1.29, 1.82) is 5.26 Å². The number of nitrogens with zero attached hydrogens (tertiary/aromatic N) is 3. The second-order valence-electron chi connectivity index (χ2n) is 4.93. The average molecular weight is 362 g/mol. The van der Waals surface area contributed by atoms with Gasteiger partial charge in [-0.25, -0.2) is 0 Å². The first kappa shape index (κ1) is 16.2. The third kappa shape index (κ3) is 4.43. The van der Waals surface area contributed by atoms with Crippen LogP contribution in [0.15, 0.2) is 34.8 Å². The van der Waals surface area contributed by atoms with Gasteiger partial charge in [0.1, 0.15) is 6.42 Å². The minimum absolute atomic E-state index is 0.0626. The summed E-state index contributed by atoms with van der Waals surface area (Å²) < 4.78 is 0.965. The SMILES string of the molecule is N#CCC(=O)N1CCN(C(=O)/C=C/c2cccc(Br)c2)CC1. The van der Waals surface area contributed by atoms with Gasteiger partial charge in [-0.3, -0.25) is 9.59 Å². The predicted molar refractivity (Wildman–Crippen MR) is 86.6 cm³/mol. The largest absolute Gasteiger partial charge is 0.338 e. The number of nitriles is 1. The van der Waals surface area contributed by atoms with Crippen LogP contribution in [0.25, 0.3) is 6.08 Å². The molecule has 6 heteroatoms. The van der Waals surface area contributed by atoms with Crippen molar-refractivity contribution in [3.05, 3.63) is 40.4 Å². The van der Waals surface area contributed by atoms with E-state index in [1.807, 2.05) is 30.3 Å². The topological polar surface area (TPSA) is 64.4 Å². The quantitative estimate of drug-likeness (QED) is 0.773. The molecular weight excluding hydrogens is 346 g/mol. The number of halogens is 1. The third-order valence-corrected chi connectivity index (χ3v) is 3.93. The van der Waals surface area contributed by atoms with E-state index >= 15 is 0 Å². The molecule has 0 radical (unpaired) electrons. The van der Waals surface area contributed by atoms with Crippen molar-refractivity contribution in [2.24, 2.45) is 0 Å². The van der Waals surface area contributed by atoms with Crippen molar-refractivity contribution in [2.75, 3.05) is 26.2 Å². The van der Waals surface area contributed by atoms with Crippen LogP contribution in [0.4, 0.5) is 0 Å². The maximum absolute atomic E-state index is 12.1. The van der Waals surface area contributed by atoms with Gasteiger partial charge in [0.25, 0.3) is 0 Å². The fourth-order valence-corrected chi connectivity index (χ4v) is 2.66. The van der Waals surface area contributed by atoms with Gasteiger partial charge >= 0.3 is 0 Å². The summed E-state index contributed by atoms with van der Waals surface area (Å²) in [4.78, 5) is 27.1. The summed E-state index contributed by atoms with van der Waals surface area (Å²) in [7, 11) is 0. The number of hydrogen-bond donors (Lipinski definition) is 0. The standard InChI is InChI=1S/C16H16BrN3O2/c17-14-3-1-2-13(12-14)4-5-15(21)19-8-10-20(11-9-19)16(22)6-7-18/h1-5,12H,6,8-11H2/b5-4+. The number of hydrogen-bond acceptors (Lipinski definition) is 3. The Kier molecular flexibility index (Phi) is 5.73. The second-order valence-corrected chi connectivity index (χ2v) is 5.84. The van der Waals surface area contributed by atoms with Crippen molar-refractivity contribution in [3.63, 3.8) is 0 Å². The zero-order valence-corrected chi connectivity index (χ0v) is 13.6. The first-order chi connectivity index (χ1) is 10.6. The Labute approximate surface area is 137 Å². The van der Waals surface area contributed by atoms with Crippen LogP contribution in [0.5, 0.6) is 0 Å². The van der Waals surface area contributed by atoms with Crippen molar-refractivity contribution in [3.8, 4) is 6.07 Å². The number of carbonyl (C=O) groups excluding carboxylic acids is 2. The predicted octanol–water partition coefficient (Wildman–Crippen LogP) is 2.05. The van der Waals surface area contributed by atoms with Gasteiger partial charge in [-0.2, -0.15) is 5.26 Å². The minimum atomic E-state index is -0.167. The Hall–Kier alpha value is -2.13. The van der Waals surface area contributed by atoms with E-state index in [1.165, 1.54) is 0 Å². The lowest BCUT2D eigenvalue weighted by Gasteiger charge is -2.33. The van der Waals surface area contributed by atoms with Crippen molar-refractivity contribution < 1.29 is 9.59 Å². The summed E-state index contributed by atoms with van der Waals surface area (Å²) in [5.41, 5.74) is 0.950. The van der Waals surface area contributed by atoms with Crippen LogP contribution >= 0.6 is 15.9 Å². The number of amides is 2. The van der Waals surface area contributed by atoms with Crippen LogP contribution in [-0.2, 0) is 9.59 Å². The van der Waals surface area contributed by atoms with Crippen molar-refractivity contribution in [2.45, 2.75) is 6.42 Å². The molecule has 1 aliphatic rings. The maximum atomic E-state index is 12.1. The van der Waals surface area contributed by atoms with E-state index in [0.717, 1.165) is 10.0 Å². The molecule has 1 fully saturated rings. The summed E-state index contributed by atoms with van der Waals surface area (Å²) >= 11 is 3.39. The van der Waals surface area contributed by atoms with Crippen molar-refractivity contribution >= 4 is 33.8 Å². The molecule has 0 atom stereocenters. The van der Waals surface area contributed by atoms with E-state index < -0.39 is 0 Å².